The summed E-state index contributed by atoms with van der Waals surface area (Å²) in [6, 6.07) is 9.74. The lowest BCUT2D eigenvalue weighted by Gasteiger charge is -2.12. The van der Waals surface area contributed by atoms with Crippen LogP contribution < -0.4 is 10.4 Å². The molecule has 2 aromatic carbocycles. The fourth-order valence-electron chi connectivity index (χ4n) is 2.95. The van der Waals surface area contributed by atoms with Gasteiger partial charge < -0.3 is 5.11 Å². The van der Waals surface area contributed by atoms with Crippen molar-refractivity contribution in [3.05, 3.63) is 51.9 Å². The molecule has 102 valence electrons. The second-order valence-electron chi connectivity index (χ2n) is 4.99. The second kappa shape index (κ2) is 5.51. The minimum absolute atomic E-state index is 0.303. The highest BCUT2D eigenvalue weighted by Gasteiger charge is 2.18. The lowest BCUT2D eigenvalue weighted by atomic mass is 9.93. The monoisotopic (exact) mass is 304 g/mol. The van der Waals surface area contributed by atoms with E-state index in [9.17, 15) is 5.11 Å². The minimum Gasteiger partial charge on any atom is -0.507 e. The maximum Gasteiger partial charge on any atom is 0.123 e. The lowest BCUT2D eigenvalue weighted by molar-refractivity contribution is 0.476. The van der Waals surface area contributed by atoms with Crippen LogP contribution in [0.5, 0.6) is 5.75 Å². The van der Waals surface area contributed by atoms with Gasteiger partial charge in [-0.3, -0.25) is 0 Å². The van der Waals surface area contributed by atoms with Crippen LogP contribution in [0.2, 0.25) is 0 Å². The van der Waals surface area contributed by atoms with Crippen molar-refractivity contribution in [2.75, 3.05) is 0 Å². The molecule has 3 heteroatoms. The molecule has 0 atom stereocenters. The van der Waals surface area contributed by atoms with E-state index in [-0.39, 0.29) is 0 Å². The number of halogens is 2. The van der Waals surface area contributed by atoms with Gasteiger partial charge in [0.2, 0.25) is 0 Å². The highest BCUT2D eigenvalue weighted by Crippen LogP contribution is 2.36. The number of aromatic hydroxyl groups is 1. The van der Waals surface area contributed by atoms with Crippen LogP contribution >= 0.6 is 23.2 Å². The van der Waals surface area contributed by atoms with E-state index in [0.29, 0.717) is 5.75 Å². The van der Waals surface area contributed by atoms with Crippen molar-refractivity contribution in [3.63, 3.8) is 0 Å². The van der Waals surface area contributed by atoms with Gasteiger partial charge in [-0.15, -0.1) is 0 Å². The number of benzene rings is 2. The molecular weight excluding hydrogens is 291 g/mol. The predicted octanol–water partition coefficient (Wildman–Crippen LogP) is 3.50. The summed E-state index contributed by atoms with van der Waals surface area (Å²) in [4.78, 5) is 0. The van der Waals surface area contributed by atoms with Gasteiger partial charge in [0.05, 0.1) is 0 Å². The van der Waals surface area contributed by atoms with Gasteiger partial charge in [0, 0.05) is 21.9 Å². The molecule has 2 aromatic rings. The molecule has 0 fully saturated rings. The molecular formula is C17H14Cl2O. The zero-order chi connectivity index (χ0) is 14.1. The number of fused-ring (bicyclic) bond motifs is 3. The average molecular weight is 305 g/mol. The summed E-state index contributed by atoms with van der Waals surface area (Å²) in [6.07, 6.45) is 3.00. The predicted molar refractivity (Wildman–Crippen MR) is 85.5 cm³/mol. The molecule has 0 radical (unpaired) electrons. The number of hydrogen-bond acceptors (Lipinski definition) is 1. The van der Waals surface area contributed by atoms with Crippen molar-refractivity contribution in [2.24, 2.45) is 0 Å². The number of rotatable bonds is 0. The standard InChI is InChI=1S/C17H14Cl2O/c18-9-13-8-7-12-4-1-3-11-5-2-6-15(20)17(11)16(12)14(13)10-19/h2,5-10,20H,1,3-4H2. The molecule has 1 aliphatic carbocycles. The van der Waals surface area contributed by atoms with Crippen molar-refractivity contribution >= 4 is 34.3 Å². The zero-order valence-corrected chi connectivity index (χ0v) is 12.4. The summed E-state index contributed by atoms with van der Waals surface area (Å²) in [6.45, 7) is 0. The first-order valence-corrected chi connectivity index (χ1v) is 7.47. The number of aryl methyl sites for hydroxylation is 2. The van der Waals surface area contributed by atoms with Gasteiger partial charge in [-0.25, -0.2) is 0 Å². The summed E-state index contributed by atoms with van der Waals surface area (Å²) >= 11 is 11.9. The normalized spacial score (nSPS) is 15.7. The largest absolute Gasteiger partial charge is 0.507 e. The van der Waals surface area contributed by atoms with E-state index in [0.717, 1.165) is 46.4 Å². The van der Waals surface area contributed by atoms with Crippen LogP contribution in [-0.4, -0.2) is 5.11 Å². The third kappa shape index (κ3) is 2.11. The first-order valence-electron chi connectivity index (χ1n) is 6.60. The van der Waals surface area contributed by atoms with E-state index < -0.39 is 0 Å². The Bertz CT molecular complexity index is 778. The van der Waals surface area contributed by atoms with Crippen molar-refractivity contribution < 1.29 is 5.11 Å². The van der Waals surface area contributed by atoms with E-state index in [1.807, 2.05) is 12.1 Å². The Morgan fingerprint density at radius 3 is 2.35 bits per heavy atom. The highest BCUT2D eigenvalue weighted by atomic mass is 35.5. The number of phenols is 1. The molecule has 0 aromatic heterocycles. The fourth-order valence-corrected chi connectivity index (χ4v) is 3.38. The van der Waals surface area contributed by atoms with Crippen LogP contribution in [0, 0.1) is 0 Å². The molecule has 1 N–H and O–H groups in total. The lowest BCUT2D eigenvalue weighted by Crippen LogP contribution is -2.27. The number of phenolic OH excluding ortho intramolecular Hbond substituents is 1. The average Bonchev–Trinajstić information content (AvgIpc) is 2.66. The highest BCUT2D eigenvalue weighted by molar-refractivity contribution is 6.40. The molecule has 1 nitrogen and oxygen atoms in total. The van der Waals surface area contributed by atoms with Gasteiger partial charge in [0.25, 0.3) is 0 Å². The van der Waals surface area contributed by atoms with Gasteiger partial charge in [0.1, 0.15) is 5.75 Å². The maximum atomic E-state index is 10.3. The minimum atomic E-state index is 0.303. The topological polar surface area (TPSA) is 20.2 Å². The quantitative estimate of drug-likeness (QED) is 0.790. The van der Waals surface area contributed by atoms with Crippen LogP contribution in [0.4, 0.5) is 0 Å². The summed E-state index contributed by atoms with van der Waals surface area (Å²) in [7, 11) is 0. The van der Waals surface area contributed by atoms with Crippen LogP contribution in [-0.2, 0) is 12.8 Å². The van der Waals surface area contributed by atoms with E-state index in [4.69, 9.17) is 23.2 Å². The molecule has 1 aliphatic rings. The summed E-state index contributed by atoms with van der Waals surface area (Å²) < 4.78 is 0. The summed E-state index contributed by atoms with van der Waals surface area (Å²) in [5.41, 5.74) is 7.36. The van der Waals surface area contributed by atoms with Crippen molar-refractivity contribution in [1.82, 2.24) is 0 Å². The van der Waals surface area contributed by atoms with Crippen LogP contribution in [0.15, 0.2) is 30.3 Å². The van der Waals surface area contributed by atoms with E-state index >= 15 is 0 Å². The Hall–Kier alpha value is -1.44. The van der Waals surface area contributed by atoms with Gasteiger partial charge in [0.15, 0.2) is 0 Å². The third-order valence-electron chi connectivity index (χ3n) is 3.86. The molecule has 0 unspecified atom stereocenters. The molecule has 0 bridgehead atoms. The zero-order valence-electron chi connectivity index (χ0n) is 10.9. The number of hydrogen-bond donors (Lipinski definition) is 1. The van der Waals surface area contributed by atoms with E-state index in [1.54, 1.807) is 11.6 Å². The van der Waals surface area contributed by atoms with E-state index in [1.165, 1.54) is 11.1 Å². The van der Waals surface area contributed by atoms with Crippen LogP contribution in [0.25, 0.3) is 22.2 Å². The van der Waals surface area contributed by atoms with Crippen LogP contribution in [0.3, 0.4) is 0 Å². The SMILES string of the molecule is Oc1cccc2c1-c1c(ccc(=CCl)c1=CCl)CCC2. The maximum absolute atomic E-state index is 10.3. The molecule has 20 heavy (non-hydrogen) atoms. The fraction of sp³-hybridized carbons (Fsp3) is 0.176. The third-order valence-corrected chi connectivity index (χ3v) is 4.32. The van der Waals surface area contributed by atoms with Gasteiger partial charge >= 0.3 is 0 Å². The Kier molecular flexibility index (Phi) is 3.73. The molecule has 0 saturated carbocycles. The smallest absolute Gasteiger partial charge is 0.123 e. The molecule has 0 amide bonds. The molecule has 0 aliphatic heterocycles. The van der Waals surface area contributed by atoms with Crippen LogP contribution in [0.1, 0.15) is 17.5 Å². The van der Waals surface area contributed by atoms with Gasteiger partial charge in [-0.05, 0) is 47.2 Å². The first kappa shape index (κ1) is 13.5. The Balaban J connectivity index is 2.51. The van der Waals surface area contributed by atoms with Gasteiger partial charge in [-0.2, -0.15) is 0 Å². The molecule has 3 rings (SSSR count). The van der Waals surface area contributed by atoms with Crippen molar-refractivity contribution in [1.29, 1.82) is 0 Å². The second-order valence-corrected chi connectivity index (χ2v) is 5.42. The van der Waals surface area contributed by atoms with Gasteiger partial charge in [-0.1, -0.05) is 47.5 Å². The van der Waals surface area contributed by atoms with E-state index in [2.05, 4.69) is 12.1 Å². The first-order chi connectivity index (χ1) is 9.76. The Morgan fingerprint density at radius 2 is 1.65 bits per heavy atom. The Morgan fingerprint density at radius 1 is 0.900 bits per heavy atom. The summed E-state index contributed by atoms with van der Waals surface area (Å²) in [5.74, 6) is 0.303. The Labute approximate surface area is 127 Å². The molecule has 0 spiro atoms. The molecule has 0 heterocycles. The van der Waals surface area contributed by atoms with Crippen molar-refractivity contribution in [3.8, 4) is 16.9 Å². The molecule has 0 saturated heterocycles. The van der Waals surface area contributed by atoms with Crippen molar-refractivity contribution in [2.45, 2.75) is 19.3 Å². The summed E-state index contributed by atoms with van der Waals surface area (Å²) in [5, 5.41) is 12.1.